The molecule has 0 unspecified atom stereocenters. The first-order valence-corrected chi connectivity index (χ1v) is 7.62. The zero-order chi connectivity index (χ0) is 14.6. The van der Waals surface area contributed by atoms with E-state index in [4.69, 9.17) is 9.47 Å². The van der Waals surface area contributed by atoms with Crippen LogP contribution in [0, 0.1) is 6.92 Å². The van der Waals surface area contributed by atoms with Crippen molar-refractivity contribution in [2.45, 2.75) is 46.1 Å². The molecule has 0 radical (unpaired) electrons. The molecule has 0 amide bonds. The summed E-state index contributed by atoms with van der Waals surface area (Å²) in [7, 11) is 1.73. The van der Waals surface area contributed by atoms with Gasteiger partial charge >= 0.3 is 0 Å². The highest BCUT2D eigenvalue weighted by Gasteiger charge is 2.04. The number of hydrogen-bond acceptors (Lipinski definition) is 4. The molecular weight excluding hydrogens is 254 g/mol. The van der Waals surface area contributed by atoms with Crippen molar-refractivity contribution in [2.75, 3.05) is 38.8 Å². The number of anilines is 1. The van der Waals surface area contributed by atoms with Crippen LogP contribution in [0.4, 0.5) is 5.95 Å². The molecule has 116 valence electrons. The Labute approximate surface area is 122 Å². The summed E-state index contributed by atoms with van der Waals surface area (Å²) in [6.45, 7) is 8.50. The van der Waals surface area contributed by atoms with Crippen molar-refractivity contribution < 1.29 is 9.47 Å². The Kier molecular flexibility index (Phi) is 9.07. The Morgan fingerprint density at radius 3 is 2.75 bits per heavy atom. The number of nitrogens with one attached hydrogen (secondary N) is 1. The second-order valence-corrected chi connectivity index (χ2v) is 4.99. The molecule has 5 nitrogen and oxygen atoms in total. The van der Waals surface area contributed by atoms with E-state index in [0.717, 1.165) is 63.8 Å². The average Bonchev–Trinajstić information content (AvgIpc) is 2.79. The zero-order valence-corrected chi connectivity index (χ0v) is 13.2. The standard InChI is InChI=1S/C15H29N3O2/c1-4-5-11-20-12-7-9-18-13-14(2)17-15(18)16-8-6-10-19-3/h13H,4-12H2,1-3H3,(H,16,17). The maximum atomic E-state index is 5.58. The highest BCUT2D eigenvalue weighted by molar-refractivity contribution is 5.28. The van der Waals surface area contributed by atoms with Gasteiger partial charge in [-0.05, 0) is 26.2 Å². The van der Waals surface area contributed by atoms with E-state index in [1.807, 2.05) is 6.92 Å². The van der Waals surface area contributed by atoms with Crippen LogP contribution in [-0.2, 0) is 16.0 Å². The van der Waals surface area contributed by atoms with Crippen LogP contribution >= 0.6 is 0 Å². The molecular formula is C15H29N3O2. The van der Waals surface area contributed by atoms with Crippen molar-refractivity contribution in [3.05, 3.63) is 11.9 Å². The third kappa shape index (κ3) is 6.91. The highest BCUT2D eigenvalue weighted by Crippen LogP contribution is 2.09. The van der Waals surface area contributed by atoms with Gasteiger partial charge < -0.3 is 19.4 Å². The fourth-order valence-electron chi connectivity index (χ4n) is 1.96. The molecule has 0 fully saturated rings. The van der Waals surface area contributed by atoms with Crippen molar-refractivity contribution in [3.63, 3.8) is 0 Å². The summed E-state index contributed by atoms with van der Waals surface area (Å²) in [6, 6.07) is 0. The van der Waals surface area contributed by atoms with Gasteiger partial charge in [-0.25, -0.2) is 4.98 Å². The molecule has 0 aromatic carbocycles. The van der Waals surface area contributed by atoms with Gasteiger partial charge in [0.25, 0.3) is 0 Å². The van der Waals surface area contributed by atoms with Crippen LogP contribution in [0.15, 0.2) is 6.20 Å². The second kappa shape index (κ2) is 10.7. The molecule has 5 heteroatoms. The van der Waals surface area contributed by atoms with Gasteiger partial charge in [0.15, 0.2) is 0 Å². The second-order valence-electron chi connectivity index (χ2n) is 4.99. The van der Waals surface area contributed by atoms with E-state index >= 15 is 0 Å². The van der Waals surface area contributed by atoms with Gasteiger partial charge in [-0.15, -0.1) is 0 Å². The van der Waals surface area contributed by atoms with E-state index < -0.39 is 0 Å². The fourth-order valence-corrected chi connectivity index (χ4v) is 1.96. The number of unbranched alkanes of at least 4 members (excludes halogenated alkanes) is 1. The zero-order valence-electron chi connectivity index (χ0n) is 13.2. The minimum absolute atomic E-state index is 0.776. The lowest BCUT2D eigenvalue weighted by Crippen LogP contribution is -2.11. The first-order chi connectivity index (χ1) is 9.77. The van der Waals surface area contributed by atoms with Gasteiger partial charge in [-0.3, -0.25) is 0 Å². The predicted octanol–water partition coefficient (Wildman–Crippen LogP) is 2.85. The largest absolute Gasteiger partial charge is 0.385 e. The van der Waals surface area contributed by atoms with Gasteiger partial charge in [0, 0.05) is 46.2 Å². The normalized spacial score (nSPS) is 10.9. The van der Waals surface area contributed by atoms with Crippen molar-refractivity contribution in [2.24, 2.45) is 0 Å². The quantitative estimate of drug-likeness (QED) is 0.599. The lowest BCUT2D eigenvalue weighted by molar-refractivity contribution is 0.126. The van der Waals surface area contributed by atoms with Crippen molar-refractivity contribution in [3.8, 4) is 0 Å². The smallest absolute Gasteiger partial charge is 0.203 e. The Hall–Kier alpha value is -1.07. The van der Waals surface area contributed by atoms with Crippen LogP contribution in [0.2, 0.25) is 0 Å². The van der Waals surface area contributed by atoms with Gasteiger partial charge in [-0.1, -0.05) is 13.3 Å². The van der Waals surface area contributed by atoms with Crippen LogP contribution < -0.4 is 5.32 Å². The number of aromatic nitrogens is 2. The minimum Gasteiger partial charge on any atom is -0.385 e. The maximum Gasteiger partial charge on any atom is 0.203 e. The van der Waals surface area contributed by atoms with E-state index in [2.05, 4.69) is 28.0 Å². The predicted molar refractivity (Wildman–Crippen MR) is 82.3 cm³/mol. The lowest BCUT2D eigenvalue weighted by atomic mass is 10.3. The number of ether oxygens (including phenoxy) is 2. The van der Waals surface area contributed by atoms with Gasteiger partial charge in [-0.2, -0.15) is 0 Å². The van der Waals surface area contributed by atoms with E-state index in [1.165, 1.54) is 6.42 Å². The highest BCUT2D eigenvalue weighted by atomic mass is 16.5. The summed E-state index contributed by atoms with van der Waals surface area (Å²) in [5, 5.41) is 3.36. The third-order valence-corrected chi connectivity index (χ3v) is 3.04. The third-order valence-electron chi connectivity index (χ3n) is 3.04. The van der Waals surface area contributed by atoms with Crippen molar-refractivity contribution in [1.82, 2.24) is 9.55 Å². The number of nitrogens with zero attached hydrogens (tertiary/aromatic N) is 2. The topological polar surface area (TPSA) is 48.3 Å². The van der Waals surface area contributed by atoms with Crippen molar-refractivity contribution >= 4 is 5.95 Å². The van der Waals surface area contributed by atoms with Gasteiger partial charge in [0.05, 0.1) is 5.69 Å². The number of rotatable bonds is 12. The molecule has 0 spiro atoms. The van der Waals surface area contributed by atoms with Crippen LogP contribution in [0.25, 0.3) is 0 Å². The summed E-state index contributed by atoms with van der Waals surface area (Å²) >= 11 is 0. The molecule has 1 N–H and O–H groups in total. The van der Waals surface area contributed by atoms with E-state index in [-0.39, 0.29) is 0 Å². The number of aryl methyl sites for hydroxylation is 2. The van der Waals surface area contributed by atoms with Crippen LogP contribution in [-0.4, -0.2) is 43.0 Å². The van der Waals surface area contributed by atoms with Gasteiger partial charge in [0.1, 0.15) is 0 Å². The fraction of sp³-hybridized carbons (Fsp3) is 0.800. The molecule has 0 bridgehead atoms. The molecule has 0 atom stereocenters. The molecule has 20 heavy (non-hydrogen) atoms. The molecule has 0 aliphatic heterocycles. The van der Waals surface area contributed by atoms with E-state index in [0.29, 0.717) is 0 Å². The molecule has 1 heterocycles. The Morgan fingerprint density at radius 1 is 1.20 bits per heavy atom. The molecule has 0 saturated heterocycles. The van der Waals surface area contributed by atoms with Crippen LogP contribution in [0.3, 0.4) is 0 Å². The molecule has 1 aromatic rings. The van der Waals surface area contributed by atoms with E-state index in [9.17, 15) is 0 Å². The minimum atomic E-state index is 0.776. The van der Waals surface area contributed by atoms with Crippen LogP contribution in [0.1, 0.15) is 38.3 Å². The average molecular weight is 283 g/mol. The summed E-state index contributed by atoms with van der Waals surface area (Å²) in [4.78, 5) is 4.51. The molecule has 0 aliphatic rings. The summed E-state index contributed by atoms with van der Waals surface area (Å²) in [5.74, 6) is 0.951. The Balaban J connectivity index is 2.26. The first-order valence-electron chi connectivity index (χ1n) is 7.62. The Morgan fingerprint density at radius 2 is 2.00 bits per heavy atom. The monoisotopic (exact) mass is 283 g/mol. The number of methoxy groups -OCH3 is 1. The van der Waals surface area contributed by atoms with E-state index in [1.54, 1.807) is 7.11 Å². The summed E-state index contributed by atoms with van der Waals surface area (Å²) in [6.07, 6.45) is 6.44. The molecule has 1 rings (SSSR count). The number of hydrogen-bond donors (Lipinski definition) is 1. The van der Waals surface area contributed by atoms with Crippen molar-refractivity contribution in [1.29, 1.82) is 0 Å². The van der Waals surface area contributed by atoms with Crippen LogP contribution in [0.5, 0.6) is 0 Å². The summed E-state index contributed by atoms with van der Waals surface area (Å²) in [5.41, 5.74) is 1.05. The number of imidazole rings is 1. The van der Waals surface area contributed by atoms with Gasteiger partial charge in [0.2, 0.25) is 5.95 Å². The Bertz CT molecular complexity index is 353. The molecule has 0 saturated carbocycles. The lowest BCUT2D eigenvalue weighted by Gasteiger charge is -2.09. The SMILES string of the molecule is CCCCOCCCn1cc(C)nc1NCCCOC. The molecule has 0 aliphatic carbocycles. The molecule has 1 aromatic heterocycles. The maximum absolute atomic E-state index is 5.58. The summed E-state index contributed by atoms with van der Waals surface area (Å²) < 4.78 is 12.8. The first kappa shape index (κ1) is 17.0.